The third-order valence-corrected chi connectivity index (χ3v) is 1.56. The number of nitrogens with zero attached hydrogens (tertiary/aromatic N) is 1. The van der Waals surface area contributed by atoms with Gasteiger partial charge in [-0.15, -0.1) is 0 Å². The Morgan fingerprint density at radius 2 is 1.44 bits per heavy atom. The first kappa shape index (κ1) is 12.8. The van der Waals surface area contributed by atoms with Crippen LogP contribution in [0.3, 0.4) is 0 Å². The second kappa shape index (κ2) is 3.63. The predicted octanol–water partition coefficient (Wildman–Crippen LogP) is 2.94. The van der Waals surface area contributed by atoms with Crippen molar-refractivity contribution in [3.05, 3.63) is 23.0 Å². The smallest absolute Gasteiger partial charge is 0.240 e. The lowest BCUT2D eigenvalue weighted by Crippen LogP contribution is -2.24. The summed E-state index contributed by atoms with van der Waals surface area (Å²) >= 11 is 0. The van der Waals surface area contributed by atoms with E-state index in [1.807, 2.05) is 0 Å². The Labute approximate surface area is 83.4 Å². The molecule has 0 N–H and O–H groups in total. The van der Waals surface area contributed by atoms with Gasteiger partial charge in [0, 0.05) is 0 Å². The zero-order chi connectivity index (χ0) is 12.7. The zero-order valence-corrected chi connectivity index (χ0v) is 7.05. The first-order chi connectivity index (χ1) is 7.05. The SMILES string of the molecule is FC(F)C1=[C][N]C(C(F)(F)F)=C1C(F)(F)F. The zero-order valence-electron chi connectivity index (χ0n) is 7.05. The summed E-state index contributed by atoms with van der Waals surface area (Å²) < 4.78 is 96.5. The van der Waals surface area contributed by atoms with Crippen molar-refractivity contribution in [3.63, 3.8) is 0 Å². The van der Waals surface area contributed by atoms with E-state index in [-0.39, 0.29) is 0 Å². The van der Waals surface area contributed by atoms with Gasteiger partial charge >= 0.3 is 12.4 Å². The van der Waals surface area contributed by atoms with Gasteiger partial charge in [0.15, 0.2) is 5.70 Å². The molecule has 0 aliphatic carbocycles. The maximum Gasteiger partial charge on any atom is 0.433 e. The quantitative estimate of drug-likeness (QED) is 0.636. The number of alkyl halides is 8. The molecule has 0 bridgehead atoms. The van der Waals surface area contributed by atoms with Gasteiger partial charge in [0.25, 0.3) is 6.43 Å². The largest absolute Gasteiger partial charge is 0.433 e. The summed E-state index contributed by atoms with van der Waals surface area (Å²) in [6.45, 7) is 0. The van der Waals surface area contributed by atoms with E-state index < -0.39 is 35.6 Å². The minimum absolute atomic E-state index is 1.05. The van der Waals surface area contributed by atoms with Gasteiger partial charge < -0.3 is 0 Å². The van der Waals surface area contributed by atoms with E-state index in [9.17, 15) is 35.1 Å². The van der Waals surface area contributed by atoms with Crippen molar-refractivity contribution in [2.24, 2.45) is 0 Å². The molecule has 1 rings (SSSR count). The molecule has 0 atom stereocenters. The molecule has 9 heteroatoms. The Hall–Kier alpha value is -1.28. The van der Waals surface area contributed by atoms with Gasteiger partial charge in [-0.3, -0.25) is 0 Å². The van der Waals surface area contributed by atoms with Crippen molar-refractivity contribution in [2.45, 2.75) is 18.8 Å². The molecule has 0 saturated heterocycles. The average molecular weight is 251 g/mol. The van der Waals surface area contributed by atoms with E-state index >= 15 is 0 Å². The normalized spacial score (nSPS) is 17.9. The molecule has 1 aliphatic heterocycles. The topological polar surface area (TPSA) is 14.1 Å². The van der Waals surface area contributed by atoms with Crippen LogP contribution in [0.2, 0.25) is 0 Å². The highest BCUT2D eigenvalue weighted by molar-refractivity contribution is 5.44. The summed E-state index contributed by atoms with van der Waals surface area (Å²) in [5.74, 6) is 0. The van der Waals surface area contributed by atoms with E-state index in [2.05, 4.69) is 5.32 Å². The average Bonchev–Trinajstić information content (AvgIpc) is 2.43. The molecule has 0 aromatic heterocycles. The minimum atomic E-state index is -5.55. The first-order valence-corrected chi connectivity index (χ1v) is 3.56. The number of hydrogen-bond acceptors (Lipinski definition) is 0. The second-order valence-electron chi connectivity index (χ2n) is 2.66. The molecule has 16 heavy (non-hydrogen) atoms. The van der Waals surface area contributed by atoms with E-state index in [1.165, 1.54) is 0 Å². The lowest BCUT2D eigenvalue weighted by atomic mass is 10.1. The fraction of sp³-hybridized carbons (Fsp3) is 0.429. The van der Waals surface area contributed by atoms with Crippen LogP contribution in [0.15, 0.2) is 16.8 Å². The summed E-state index contributed by atoms with van der Waals surface area (Å²) in [4.78, 5) is 0. The highest BCUT2D eigenvalue weighted by Crippen LogP contribution is 2.43. The fourth-order valence-electron chi connectivity index (χ4n) is 1.01. The first-order valence-electron chi connectivity index (χ1n) is 3.56. The van der Waals surface area contributed by atoms with Crippen molar-refractivity contribution in [2.75, 3.05) is 0 Å². The Bertz CT molecular complexity index is 344. The summed E-state index contributed by atoms with van der Waals surface area (Å²) in [6, 6.07) is 0. The third kappa shape index (κ3) is 2.27. The summed E-state index contributed by atoms with van der Waals surface area (Å²) in [5, 5.41) is 2.23. The molecule has 0 unspecified atom stereocenters. The highest BCUT2D eigenvalue weighted by atomic mass is 19.4. The predicted molar refractivity (Wildman–Crippen MR) is 34.0 cm³/mol. The van der Waals surface area contributed by atoms with E-state index in [0.29, 0.717) is 0 Å². The van der Waals surface area contributed by atoms with Crippen molar-refractivity contribution < 1.29 is 35.1 Å². The summed E-state index contributed by atoms with van der Waals surface area (Å²) in [7, 11) is 0. The Kier molecular flexibility index (Phi) is 2.90. The lowest BCUT2D eigenvalue weighted by molar-refractivity contribution is -0.116. The Morgan fingerprint density at radius 1 is 0.938 bits per heavy atom. The van der Waals surface area contributed by atoms with Crippen molar-refractivity contribution in [1.82, 2.24) is 5.32 Å². The van der Waals surface area contributed by atoms with Crippen molar-refractivity contribution in [1.29, 1.82) is 0 Å². The molecule has 0 fully saturated rings. The van der Waals surface area contributed by atoms with Crippen LogP contribution < -0.4 is 5.32 Å². The molecule has 0 amide bonds. The molecule has 0 aromatic carbocycles. The molecular weight excluding hydrogens is 250 g/mol. The van der Waals surface area contributed by atoms with Crippen LogP contribution in [-0.4, -0.2) is 18.8 Å². The van der Waals surface area contributed by atoms with Crippen LogP contribution >= 0.6 is 0 Å². The van der Waals surface area contributed by atoms with Gasteiger partial charge in [-0.05, 0) is 0 Å². The molecular formula is C7HF8N. The molecule has 2 radical (unpaired) electrons. The molecule has 0 saturated carbocycles. The highest BCUT2D eigenvalue weighted by Gasteiger charge is 2.52. The van der Waals surface area contributed by atoms with E-state index in [4.69, 9.17) is 0 Å². The minimum Gasteiger partial charge on any atom is -0.240 e. The monoisotopic (exact) mass is 251 g/mol. The molecule has 1 aliphatic rings. The molecule has 1 heterocycles. The van der Waals surface area contributed by atoms with Crippen LogP contribution in [0.1, 0.15) is 0 Å². The molecule has 90 valence electrons. The molecule has 0 spiro atoms. The van der Waals surface area contributed by atoms with Gasteiger partial charge in [0.05, 0.1) is 17.3 Å². The van der Waals surface area contributed by atoms with Gasteiger partial charge in [0.2, 0.25) is 0 Å². The second-order valence-corrected chi connectivity index (χ2v) is 2.66. The molecule has 0 aromatic rings. The van der Waals surface area contributed by atoms with Gasteiger partial charge in [0.1, 0.15) is 0 Å². The van der Waals surface area contributed by atoms with Crippen LogP contribution in [0.4, 0.5) is 35.1 Å². The maximum absolute atomic E-state index is 12.1. The number of rotatable bonds is 1. The van der Waals surface area contributed by atoms with Crippen LogP contribution in [0.25, 0.3) is 0 Å². The standard InChI is InChI=1S/C7HF8N/c8-5(9)2-1-16-4(7(13,14)15)3(2)6(10,11)12/h5H. The maximum atomic E-state index is 12.1. The summed E-state index contributed by atoms with van der Waals surface area (Å²) in [6.07, 6.45) is -13.7. The van der Waals surface area contributed by atoms with Crippen LogP contribution in [-0.2, 0) is 0 Å². The summed E-state index contributed by atoms with van der Waals surface area (Å²) in [5.41, 5.74) is -6.76. The third-order valence-electron chi connectivity index (χ3n) is 1.56. The van der Waals surface area contributed by atoms with Gasteiger partial charge in [-0.25, -0.2) is 14.1 Å². The van der Waals surface area contributed by atoms with E-state index in [0.717, 1.165) is 6.20 Å². The number of allylic oxidation sites excluding steroid dienone is 3. The van der Waals surface area contributed by atoms with Crippen molar-refractivity contribution in [3.8, 4) is 0 Å². The number of hydrogen-bond donors (Lipinski definition) is 0. The number of halogens is 8. The lowest BCUT2D eigenvalue weighted by Gasteiger charge is -2.14. The van der Waals surface area contributed by atoms with Gasteiger partial charge in [-0.1, -0.05) is 0 Å². The Balaban J connectivity index is 3.29. The van der Waals surface area contributed by atoms with Crippen molar-refractivity contribution >= 4 is 0 Å². The molecule has 1 nitrogen and oxygen atoms in total. The van der Waals surface area contributed by atoms with Crippen LogP contribution in [0.5, 0.6) is 0 Å². The Morgan fingerprint density at radius 3 is 1.75 bits per heavy atom. The van der Waals surface area contributed by atoms with E-state index in [1.54, 1.807) is 0 Å². The van der Waals surface area contributed by atoms with Crippen LogP contribution in [0, 0.1) is 6.20 Å². The van der Waals surface area contributed by atoms with Gasteiger partial charge in [-0.2, -0.15) is 26.3 Å². The fourth-order valence-corrected chi connectivity index (χ4v) is 1.01.